The van der Waals surface area contributed by atoms with Crippen molar-refractivity contribution in [3.8, 4) is 6.07 Å². The van der Waals surface area contributed by atoms with E-state index in [4.69, 9.17) is 5.11 Å². The number of fused-ring (bicyclic) bond motifs is 1. The predicted molar refractivity (Wildman–Crippen MR) is 80.4 cm³/mol. The number of thiophene rings is 1. The second-order valence-electron chi connectivity index (χ2n) is 5.18. The number of nitrogens with one attached hydrogen (secondary N) is 1. The molecule has 0 unspecified atom stereocenters. The molecule has 0 aromatic carbocycles. The van der Waals surface area contributed by atoms with E-state index in [0.29, 0.717) is 10.6 Å². The van der Waals surface area contributed by atoms with E-state index in [1.165, 1.54) is 29.1 Å². The van der Waals surface area contributed by atoms with Gasteiger partial charge in [0.2, 0.25) is 5.91 Å². The lowest BCUT2D eigenvalue weighted by Crippen LogP contribution is -2.13. The van der Waals surface area contributed by atoms with Crippen LogP contribution in [0.25, 0.3) is 0 Å². The SMILES string of the molecule is N#Cc1c(NC(=O)CCC(=O)O)sc2c1CCCCCC2. The van der Waals surface area contributed by atoms with Gasteiger partial charge in [0.05, 0.1) is 12.0 Å². The number of amides is 1. The van der Waals surface area contributed by atoms with Gasteiger partial charge in [0.1, 0.15) is 11.1 Å². The van der Waals surface area contributed by atoms with Crippen molar-refractivity contribution in [3.05, 3.63) is 16.0 Å². The molecule has 0 atom stereocenters. The van der Waals surface area contributed by atoms with Crippen molar-refractivity contribution in [3.63, 3.8) is 0 Å². The highest BCUT2D eigenvalue weighted by Crippen LogP contribution is 2.36. The number of aliphatic carboxylic acids is 1. The molecule has 1 aromatic rings. The number of nitriles is 1. The minimum Gasteiger partial charge on any atom is -0.481 e. The second kappa shape index (κ2) is 7.23. The van der Waals surface area contributed by atoms with Gasteiger partial charge in [0, 0.05) is 11.3 Å². The maximum absolute atomic E-state index is 11.8. The number of carboxylic acids is 1. The third-order valence-corrected chi connectivity index (χ3v) is 4.81. The van der Waals surface area contributed by atoms with E-state index < -0.39 is 5.97 Å². The van der Waals surface area contributed by atoms with E-state index >= 15 is 0 Å². The fourth-order valence-corrected chi connectivity index (χ4v) is 3.79. The van der Waals surface area contributed by atoms with Crippen LogP contribution in [0, 0.1) is 11.3 Å². The van der Waals surface area contributed by atoms with Crippen molar-refractivity contribution in [1.29, 1.82) is 5.26 Å². The summed E-state index contributed by atoms with van der Waals surface area (Å²) in [6, 6.07) is 2.20. The summed E-state index contributed by atoms with van der Waals surface area (Å²) >= 11 is 1.47. The molecule has 0 saturated carbocycles. The molecule has 5 nitrogen and oxygen atoms in total. The molecule has 2 N–H and O–H groups in total. The highest BCUT2D eigenvalue weighted by Gasteiger charge is 2.20. The average Bonchev–Trinajstić information content (AvgIpc) is 2.72. The first-order valence-electron chi connectivity index (χ1n) is 7.18. The van der Waals surface area contributed by atoms with E-state index in [2.05, 4.69) is 11.4 Å². The molecule has 1 aliphatic carbocycles. The lowest BCUT2D eigenvalue weighted by atomic mass is 9.97. The van der Waals surface area contributed by atoms with E-state index in [1.807, 2.05) is 0 Å². The van der Waals surface area contributed by atoms with Crippen molar-refractivity contribution in [2.45, 2.75) is 51.4 Å². The van der Waals surface area contributed by atoms with Gasteiger partial charge in [-0.2, -0.15) is 5.26 Å². The summed E-state index contributed by atoms with van der Waals surface area (Å²) in [6.07, 6.45) is 6.16. The zero-order valence-electron chi connectivity index (χ0n) is 11.8. The van der Waals surface area contributed by atoms with Crippen LogP contribution in [0.5, 0.6) is 0 Å². The van der Waals surface area contributed by atoms with Gasteiger partial charge in [-0.05, 0) is 31.2 Å². The van der Waals surface area contributed by atoms with E-state index in [9.17, 15) is 14.9 Å². The number of carbonyl (C=O) groups excluding carboxylic acids is 1. The quantitative estimate of drug-likeness (QED) is 0.894. The average molecular weight is 306 g/mol. The maximum Gasteiger partial charge on any atom is 0.303 e. The Morgan fingerprint density at radius 2 is 1.90 bits per heavy atom. The second-order valence-corrected chi connectivity index (χ2v) is 6.28. The molecule has 0 spiro atoms. The van der Waals surface area contributed by atoms with Crippen LogP contribution < -0.4 is 5.32 Å². The molecule has 1 aromatic heterocycles. The van der Waals surface area contributed by atoms with Crippen LogP contribution in [-0.2, 0) is 22.4 Å². The molecule has 2 rings (SSSR count). The topological polar surface area (TPSA) is 90.2 Å². The van der Waals surface area contributed by atoms with Crippen LogP contribution in [0.15, 0.2) is 0 Å². The molecule has 0 fully saturated rings. The van der Waals surface area contributed by atoms with Gasteiger partial charge >= 0.3 is 5.97 Å². The summed E-state index contributed by atoms with van der Waals surface area (Å²) in [6.45, 7) is 0. The normalized spacial score (nSPS) is 14.4. The van der Waals surface area contributed by atoms with Crippen LogP contribution in [0.2, 0.25) is 0 Å². The fraction of sp³-hybridized carbons (Fsp3) is 0.533. The molecular formula is C15H18N2O3S. The van der Waals surface area contributed by atoms with Crippen LogP contribution in [-0.4, -0.2) is 17.0 Å². The number of hydrogen-bond donors (Lipinski definition) is 2. The predicted octanol–water partition coefficient (Wildman–Crippen LogP) is 3.08. The van der Waals surface area contributed by atoms with Crippen molar-refractivity contribution < 1.29 is 14.7 Å². The summed E-state index contributed by atoms with van der Waals surface area (Å²) in [5, 5.41) is 21.3. The molecule has 6 heteroatoms. The zero-order valence-corrected chi connectivity index (χ0v) is 12.6. The van der Waals surface area contributed by atoms with E-state index in [-0.39, 0.29) is 18.7 Å². The molecule has 1 amide bonds. The molecule has 0 bridgehead atoms. The van der Waals surface area contributed by atoms with Crippen molar-refractivity contribution in [1.82, 2.24) is 0 Å². The smallest absolute Gasteiger partial charge is 0.303 e. The lowest BCUT2D eigenvalue weighted by molar-refractivity contribution is -0.138. The molecule has 1 heterocycles. The first kappa shape index (κ1) is 15.5. The Hall–Kier alpha value is -1.87. The summed E-state index contributed by atoms with van der Waals surface area (Å²) in [7, 11) is 0. The Balaban J connectivity index is 2.16. The van der Waals surface area contributed by atoms with Crippen molar-refractivity contribution in [2.24, 2.45) is 0 Å². The van der Waals surface area contributed by atoms with Crippen molar-refractivity contribution >= 4 is 28.2 Å². The Labute approximate surface area is 127 Å². The Kier molecular flexibility index (Phi) is 5.34. The van der Waals surface area contributed by atoms with Crippen molar-refractivity contribution in [2.75, 3.05) is 5.32 Å². The van der Waals surface area contributed by atoms with Crippen LogP contribution in [0.4, 0.5) is 5.00 Å². The summed E-state index contributed by atoms with van der Waals surface area (Å²) < 4.78 is 0. The number of carbonyl (C=O) groups is 2. The third-order valence-electron chi connectivity index (χ3n) is 3.60. The minimum atomic E-state index is -0.996. The molecule has 0 radical (unpaired) electrons. The van der Waals surface area contributed by atoms with Gasteiger partial charge in [-0.3, -0.25) is 9.59 Å². The van der Waals surface area contributed by atoms with E-state index in [0.717, 1.165) is 31.2 Å². The summed E-state index contributed by atoms with van der Waals surface area (Å²) in [5.41, 5.74) is 1.65. The molecular weight excluding hydrogens is 288 g/mol. The number of carboxylic acid groups (broad SMARTS) is 1. The van der Waals surface area contributed by atoms with Gasteiger partial charge < -0.3 is 10.4 Å². The number of rotatable bonds is 4. The van der Waals surface area contributed by atoms with E-state index in [1.54, 1.807) is 0 Å². The number of hydrogen-bond acceptors (Lipinski definition) is 4. The Morgan fingerprint density at radius 3 is 2.57 bits per heavy atom. The van der Waals surface area contributed by atoms with Gasteiger partial charge in [-0.15, -0.1) is 11.3 Å². The van der Waals surface area contributed by atoms with Crippen LogP contribution in [0.1, 0.15) is 54.5 Å². The zero-order chi connectivity index (χ0) is 15.2. The molecule has 112 valence electrons. The number of nitrogens with zero attached hydrogens (tertiary/aromatic N) is 1. The van der Waals surface area contributed by atoms with Gasteiger partial charge in [-0.1, -0.05) is 12.8 Å². The first-order chi connectivity index (χ1) is 10.1. The van der Waals surface area contributed by atoms with Gasteiger partial charge in [0.15, 0.2) is 0 Å². The molecule has 1 aliphatic rings. The fourth-order valence-electron chi connectivity index (χ4n) is 2.54. The first-order valence-corrected chi connectivity index (χ1v) is 7.99. The third kappa shape index (κ3) is 4.05. The summed E-state index contributed by atoms with van der Waals surface area (Å²) in [5.74, 6) is -1.34. The standard InChI is InChI=1S/C15H18N2O3S/c16-9-11-10-5-3-1-2-4-6-12(10)21-15(11)17-13(18)7-8-14(19)20/h1-8H2,(H,17,18)(H,19,20). The number of anilines is 1. The Morgan fingerprint density at radius 1 is 1.19 bits per heavy atom. The maximum atomic E-state index is 11.8. The summed E-state index contributed by atoms with van der Waals surface area (Å²) in [4.78, 5) is 23.4. The van der Waals surface area contributed by atoms with Gasteiger partial charge in [0.25, 0.3) is 0 Å². The highest BCUT2D eigenvalue weighted by molar-refractivity contribution is 7.16. The molecule has 21 heavy (non-hydrogen) atoms. The molecule has 0 aliphatic heterocycles. The number of aryl methyl sites for hydroxylation is 1. The lowest BCUT2D eigenvalue weighted by Gasteiger charge is -2.08. The Bertz CT molecular complexity index is 586. The molecule has 0 saturated heterocycles. The van der Waals surface area contributed by atoms with Gasteiger partial charge in [-0.25, -0.2) is 0 Å². The van der Waals surface area contributed by atoms with Crippen LogP contribution >= 0.6 is 11.3 Å². The largest absolute Gasteiger partial charge is 0.481 e. The minimum absolute atomic E-state index is 0.0667. The van der Waals surface area contributed by atoms with Crippen LogP contribution in [0.3, 0.4) is 0 Å². The highest BCUT2D eigenvalue weighted by atomic mass is 32.1. The monoisotopic (exact) mass is 306 g/mol.